The van der Waals surface area contributed by atoms with Crippen molar-refractivity contribution >= 4 is 29.3 Å². The summed E-state index contributed by atoms with van der Waals surface area (Å²) in [4.78, 5) is 30.1. The van der Waals surface area contributed by atoms with Crippen LogP contribution in [-0.4, -0.2) is 42.1 Å². The molecule has 3 rings (SSSR count). The second-order valence-corrected chi connectivity index (χ2v) is 7.70. The molecule has 0 bridgehead atoms. The van der Waals surface area contributed by atoms with Gasteiger partial charge in [-0.2, -0.15) is 0 Å². The number of hydrogen-bond acceptors (Lipinski definition) is 3. The summed E-state index contributed by atoms with van der Waals surface area (Å²) in [5.41, 5.74) is 1.05. The van der Waals surface area contributed by atoms with Crippen LogP contribution in [0.3, 0.4) is 0 Å². The summed E-state index contributed by atoms with van der Waals surface area (Å²) in [5.74, 6) is 1.47. The molecule has 0 unspecified atom stereocenters. The Morgan fingerprint density at radius 1 is 1.13 bits per heavy atom. The second-order valence-electron chi connectivity index (χ2n) is 6.56. The molecule has 1 aromatic rings. The number of carbonyl (C=O) groups excluding carboxylic acids is 2. The minimum Gasteiger partial charge on any atom is -0.342 e. The van der Waals surface area contributed by atoms with Gasteiger partial charge in [-0.05, 0) is 25.0 Å². The number of nitrogens with zero attached hydrogens (tertiary/aromatic N) is 2. The number of anilines is 1. The van der Waals surface area contributed by atoms with E-state index in [0.29, 0.717) is 13.1 Å². The average Bonchev–Trinajstić information content (AvgIpc) is 2.60. The van der Waals surface area contributed by atoms with Gasteiger partial charge in [-0.25, -0.2) is 0 Å². The van der Waals surface area contributed by atoms with Gasteiger partial charge in [0.2, 0.25) is 11.8 Å². The largest absolute Gasteiger partial charge is 0.342 e. The molecule has 5 heteroatoms. The van der Waals surface area contributed by atoms with E-state index < -0.39 is 0 Å². The summed E-state index contributed by atoms with van der Waals surface area (Å²) in [6.07, 6.45) is 1.56. The Labute approximate surface area is 142 Å². The van der Waals surface area contributed by atoms with E-state index in [1.807, 2.05) is 53.6 Å². The SMILES string of the molecule is CC(C)C(=O)N1CCC(C(=O)N2CCSc3ccccc32)CC1. The van der Waals surface area contributed by atoms with Crippen LogP contribution >= 0.6 is 11.8 Å². The molecule has 0 atom stereocenters. The Morgan fingerprint density at radius 2 is 1.83 bits per heavy atom. The van der Waals surface area contributed by atoms with E-state index in [4.69, 9.17) is 0 Å². The summed E-state index contributed by atoms with van der Waals surface area (Å²) >= 11 is 1.82. The lowest BCUT2D eigenvalue weighted by molar-refractivity contribution is -0.137. The van der Waals surface area contributed by atoms with Crippen LogP contribution in [0.15, 0.2) is 29.2 Å². The number of amides is 2. The molecule has 0 radical (unpaired) electrons. The number of likely N-dealkylation sites (tertiary alicyclic amines) is 1. The minimum absolute atomic E-state index is 0.0354. The van der Waals surface area contributed by atoms with Crippen LogP contribution in [0.25, 0.3) is 0 Å². The van der Waals surface area contributed by atoms with E-state index in [9.17, 15) is 9.59 Å². The smallest absolute Gasteiger partial charge is 0.230 e. The second kappa shape index (κ2) is 6.95. The number of carbonyl (C=O) groups is 2. The summed E-state index contributed by atoms with van der Waals surface area (Å²) in [6, 6.07) is 8.14. The third-order valence-electron chi connectivity index (χ3n) is 4.64. The van der Waals surface area contributed by atoms with Gasteiger partial charge in [0.05, 0.1) is 5.69 Å². The Kier molecular flexibility index (Phi) is 4.95. The fourth-order valence-corrected chi connectivity index (χ4v) is 4.33. The quantitative estimate of drug-likeness (QED) is 0.836. The molecule has 0 spiro atoms. The van der Waals surface area contributed by atoms with Crippen molar-refractivity contribution in [3.05, 3.63) is 24.3 Å². The molecule has 4 nitrogen and oxygen atoms in total. The van der Waals surface area contributed by atoms with Crippen LogP contribution in [0.2, 0.25) is 0 Å². The lowest BCUT2D eigenvalue weighted by Gasteiger charge is -2.36. The number of para-hydroxylation sites is 1. The van der Waals surface area contributed by atoms with E-state index >= 15 is 0 Å². The van der Waals surface area contributed by atoms with Gasteiger partial charge in [0.15, 0.2) is 0 Å². The standard InChI is InChI=1S/C18H24N2O2S/c1-13(2)17(21)19-9-7-14(8-10-19)18(22)20-11-12-23-16-6-4-3-5-15(16)20/h3-6,13-14H,7-12H2,1-2H3. The van der Waals surface area contributed by atoms with E-state index in [2.05, 4.69) is 6.07 Å². The Bertz CT molecular complexity index is 594. The molecule has 0 aliphatic carbocycles. The molecule has 1 aromatic carbocycles. The third-order valence-corrected chi connectivity index (χ3v) is 5.69. The van der Waals surface area contributed by atoms with Crippen molar-refractivity contribution in [2.75, 3.05) is 30.3 Å². The molecule has 0 saturated carbocycles. The van der Waals surface area contributed by atoms with Gasteiger partial charge in [-0.1, -0.05) is 26.0 Å². The molecule has 1 fully saturated rings. The van der Waals surface area contributed by atoms with Gasteiger partial charge in [0.1, 0.15) is 0 Å². The highest BCUT2D eigenvalue weighted by atomic mass is 32.2. The van der Waals surface area contributed by atoms with Crippen molar-refractivity contribution in [2.45, 2.75) is 31.6 Å². The van der Waals surface area contributed by atoms with Crippen LogP contribution < -0.4 is 4.90 Å². The Balaban J connectivity index is 1.66. The van der Waals surface area contributed by atoms with Crippen molar-refractivity contribution in [1.82, 2.24) is 4.90 Å². The predicted molar refractivity (Wildman–Crippen MR) is 93.7 cm³/mol. The molecular weight excluding hydrogens is 308 g/mol. The van der Waals surface area contributed by atoms with Crippen molar-refractivity contribution in [1.29, 1.82) is 0 Å². The molecule has 2 heterocycles. The molecule has 0 aromatic heterocycles. The maximum atomic E-state index is 12.9. The molecule has 1 saturated heterocycles. The van der Waals surface area contributed by atoms with Crippen molar-refractivity contribution in [2.24, 2.45) is 11.8 Å². The van der Waals surface area contributed by atoms with Gasteiger partial charge in [-0.15, -0.1) is 11.8 Å². The van der Waals surface area contributed by atoms with E-state index in [1.54, 1.807) is 0 Å². The highest BCUT2D eigenvalue weighted by molar-refractivity contribution is 7.99. The van der Waals surface area contributed by atoms with Crippen LogP contribution in [-0.2, 0) is 9.59 Å². The first-order valence-corrected chi connectivity index (χ1v) is 9.38. The van der Waals surface area contributed by atoms with Gasteiger partial charge in [0, 0.05) is 42.1 Å². The summed E-state index contributed by atoms with van der Waals surface area (Å²) in [6.45, 7) is 6.06. The zero-order valence-electron chi connectivity index (χ0n) is 13.8. The fourth-order valence-electron chi connectivity index (χ4n) is 3.33. The number of fused-ring (bicyclic) bond motifs is 1. The predicted octanol–water partition coefficient (Wildman–Crippen LogP) is 3.02. The number of piperidine rings is 1. The maximum absolute atomic E-state index is 12.9. The van der Waals surface area contributed by atoms with Gasteiger partial charge in [-0.3, -0.25) is 9.59 Å². The summed E-state index contributed by atoms with van der Waals surface area (Å²) < 4.78 is 0. The van der Waals surface area contributed by atoms with Crippen molar-refractivity contribution in [3.63, 3.8) is 0 Å². The highest BCUT2D eigenvalue weighted by Crippen LogP contribution is 2.36. The van der Waals surface area contributed by atoms with Crippen LogP contribution in [0.1, 0.15) is 26.7 Å². The Hall–Kier alpha value is -1.49. The topological polar surface area (TPSA) is 40.6 Å². The van der Waals surface area contributed by atoms with E-state index in [1.165, 1.54) is 4.90 Å². The molecule has 2 aliphatic rings. The molecule has 0 N–H and O–H groups in total. The van der Waals surface area contributed by atoms with Crippen molar-refractivity contribution in [3.8, 4) is 0 Å². The lowest BCUT2D eigenvalue weighted by atomic mass is 9.94. The molecule has 124 valence electrons. The van der Waals surface area contributed by atoms with Gasteiger partial charge in [0.25, 0.3) is 0 Å². The molecule has 2 amide bonds. The monoisotopic (exact) mass is 332 g/mol. The maximum Gasteiger partial charge on any atom is 0.230 e. The third kappa shape index (κ3) is 3.39. The van der Waals surface area contributed by atoms with E-state index in [-0.39, 0.29) is 23.7 Å². The molecule has 2 aliphatic heterocycles. The zero-order valence-corrected chi connectivity index (χ0v) is 14.6. The molecular formula is C18H24N2O2S. The summed E-state index contributed by atoms with van der Waals surface area (Å²) in [5, 5.41) is 0. The highest BCUT2D eigenvalue weighted by Gasteiger charge is 2.32. The molecule has 23 heavy (non-hydrogen) atoms. The Morgan fingerprint density at radius 3 is 2.52 bits per heavy atom. The lowest BCUT2D eigenvalue weighted by Crippen LogP contribution is -2.46. The normalized spacial score (nSPS) is 18.9. The number of rotatable bonds is 2. The first kappa shape index (κ1) is 16.4. The summed E-state index contributed by atoms with van der Waals surface area (Å²) in [7, 11) is 0. The minimum atomic E-state index is 0.0354. The fraction of sp³-hybridized carbons (Fsp3) is 0.556. The van der Waals surface area contributed by atoms with Gasteiger partial charge < -0.3 is 9.80 Å². The average molecular weight is 332 g/mol. The van der Waals surface area contributed by atoms with Crippen molar-refractivity contribution < 1.29 is 9.59 Å². The number of thioether (sulfide) groups is 1. The van der Waals surface area contributed by atoms with Crippen LogP contribution in [0, 0.1) is 11.8 Å². The zero-order chi connectivity index (χ0) is 16.4. The number of hydrogen-bond donors (Lipinski definition) is 0. The van der Waals surface area contributed by atoms with Crippen LogP contribution in [0.5, 0.6) is 0 Å². The number of benzene rings is 1. The van der Waals surface area contributed by atoms with Crippen LogP contribution in [0.4, 0.5) is 5.69 Å². The first-order valence-electron chi connectivity index (χ1n) is 8.40. The first-order chi connectivity index (χ1) is 11.1. The van der Waals surface area contributed by atoms with E-state index in [0.717, 1.165) is 30.8 Å². The van der Waals surface area contributed by atoms with Gasteiger partial charge >= 0.3 is 0 Å².